The van der Waals surface area contributed by atoms with Gasteiger partial charge in [-0.15, -0.1) is 0 Å². The summed E-state index contributed by atoms with van der Waals surface area (Å²) in [6.45, 7) is -0.0676. The molecule has 0 bridgehead atoms. The van der Waals surface area contributed by atoms with Gasteiger partial charge in [-0.1, -0.05) is 0 Å². The van der Waals surface area contributed by atoms with E-state index in [1.165, 1.54) is 18.5 Å². The van der Waals surface area contributed by atoms with Crippen LogP contribution in [-0.4, -0.2) is 39.3 Å². The van der Waals surface area contributed by atoms with Gasteiger partial charge in [0.1, 0.15) is 0 Å². The van der Waals surface area contributed by atoms with Gasteiger partial charge < -0.3 is 5.11 Å². The molecule has 2 heterocycles. The summed E-state index contributed by atoms with van der Waals surface area (Å²) in [5.41, 5.74) is 0.284. The number of carbonyl (C=O) groups excluding carboxylic acids is 2. The van der Waals surface area contributed by atoms with E-state index in [4.69, 9.17) is 5.11 Å². The van der Waals surface area contributed by atoms with E-state index in [9.17, 15) is 14.4 Å². The Bertz CT molecular complexity index is 472. The van der Waals surface area contributed by atoms with E-state index in [0.29, 0.717) is 0 Å². The summed E-state index contributed by atoms with van der Waals surface area (Å²) in [5.74, 6) is -2.80. The second-order valence-electron chi connectivity index (χ2n) is 3.79. The molecule has 17 heavy (non-hydrogen) atoms. The molecule has 1 aromatic rings. The van der Waals surface area contributed by atoms with Gasteiger partial charge in [-0.05, 0) is 12.1 Å². The van der Waals surface area contributed by atoms with Crippen molar-refractivity contribution in [2.75, 3.05) is 6.54 Å². The van der Waals surface area contributed by atoms with Crippen LogP contribution in [0.15, 0.2) is 24.5 Å². The van der Waals surface area contributed by atoms with Crippen LogP contribution in [0.25, 0.3) is 0 Å². The van der Waals surface area contributed by atoms with E-state index in [-0.39, 0.29) is 18.5 Å². The molecule has 1 fully saturated rings. The van der Waals surface area contributed by atoms with Crippen LogP contribution in [-0.2, 0) is 9.59 Å². The van der Waals surface area contributed by atoms with Crippen LogP contribution in [0.5, 0.6) is 0 Å². The fraction of sp³-hybridized carbons (Fsp3) is 0.273. The van der Waals surface area contributed by atoms with Gasteiger partial charge in [-0.2, -0.15) is 0 Å². The first-order chi connectivity index (χ1) is 8.09. The van der Waals surface area contributed by atoms with Crippen molar-refractivity contribution >= 4 is 17.8 Å². The minimum atomic E-state index is -1.06. The molecular formula is C11H10N2O4. The first-order valence-corrected chi connectivity index (χ1v) is 5.07. The number of hydrogen-bond acceptors (Lipinski definition) is 4. The summed E-state index contributed by atoms with van der Waals surface area (Å²) in [6.07, 6.45) is 2.74. The normalized spacial score (nSPS) is 19.4. The van der Waals surface area contributed by atoms with Crippen molar-refractivity contribution in [3.8, 4) is 0 Å². The van der Waals surface area contributed by atoms with Crippen LogP contribution in [0.1, 0.15) is 16.8 Å². The zero-order chi connectivity index (χ0) is 12.4. The van der Waals surface area contributed by atoms with E-state index in [0.717, 1.165) is 4.90 Å². The highest BCUT2D eigenvalue weighted by molar-refractivity contribution is 6.06. The molecule has 88 valence electrons. The lowest BCUT2D eigenvalue weighted by Crippen LogP contribution is -2.33. The maximum absolute atomic E-state index is 11.9. The third-order valence-corrected chi connectivity index (χ3v) is 2.63. The fourth-order valence-corrected chi connectivity index (χ4v) is 1.71. The van der Waals surface area contributed by atoms with Gasteiger partial charge >= 0.3 is 5.97 Å². The number of aliphatic carboxylic acids is 1. The molecule has 6 nitrogen and oxygen atoms in total. The van der Waals surface area contributed by atoms with Gasteiger partial charge in [0.15, 0.2) is 0 Å². The molecular weight excluding hydrogens is 224 g/mol. The van der Waals surface area contributed by atoms with E-state index in [2.05, 4.69) is 4.98 Å². The number of pyridine rings is 1. The summed E-state index contributed by atoms with van der Waals surface area (Å²) in [7, 11) is 0. The Balaban J connectivity index is 2.17. The fourth-order valence-electron chi connectivity index (χ4n) is 1.71. The lowest BCUT2D eigenvalue weighted by atomic mass is 10.1. The lowest BCUT2D eigenvalue weighted by molar-refractivity contribution is -0.141. The molecule has 1 aromatic heterocycles. The van der Waals surface area contributed by atoms with Crippen LogP contribution < -0.4 is 0 Å². The molecule has 1 saturated heterocycles. The highest BCUT2D eigenvalue weighted by atomic mass is 16.4. The maximum atomic E-state index is 11.9. The molecule has 2 amide bonds. The zero-order valence-electron chi connectivity index (χ0n) is 8.87. The van der Waals surface area contributed by atoms with Crippen molar-refractivity contribution in [3.05, 3.63) is 30.1 Å². The smallest absolute Gasteiger partial charge is 0.308 e. The second-order valence-corrected chi connectivity index (χ2v) is 3.79. The lowest BCUT2D eigenvalue weighted by Gasteiger charge is -2.13. The van der Waals surface area contributed by atoms with Gasteiger partial charge in [0.2, 0.25) is 5.91 Å². The molecule has 0 spiro atoms. The van der Waals surface area contributed by atoms with Crippen LogP contribution in [0.4, 0.5) is 0 Å². The van der Waals surface area contributed by atoms with Crippen LogP contribution in [0.2, 0.25) is 0 Å². The predicted molar refractivity (Wildman–Crippen MR) is 56.0 cm³/mol. The molecule has 0 radical (unpaired) electrons. The average Bonchev–Trinajstić information content (AvgIpc) is 2.72. The number of carboxylic acid groups (broad SMARTS) is 1. The standard InChI is InChI=1S/C11H10N2O4/c14-9-4-8(11(16)17)6-13(9)10(15)7-2-1-3-12-5-7/h1-3,5,8H,4,6H2,(H,16,17). The molecule has 0 aliphatic carbocycles. The summed E-state index contributed by atoms with van der Waals surface area (Å²) in [4.78, 5) is 38.9. The van der Waals surface area contributed by atoms with E-state index < -0.39 is 23.7 Å². The van der Waals surface area contributed by atoms with Crippen molar-refractivity contribution in [2.24, 2.45) is 5.92 Å². The number of carbonyl (C=O) groups is 3. The highest BCUT2D eigenvalue weighted by Gasteiger charge is 2.37. The van der Waals surface area contributed by atoms with Gasteiger partial charge in [-0.3, -0.25) is 24.3 Å². The van der Waals surface area contributed by atoms with E-state index in [1.807, 2.05) is 0 Å². The van der Waals surface area contributed by atoms with E-state index >= 15 is 0 Å². The second kappa shape index (κ2) is 4.32. The zero-order valence-corrected chi connectivity index (χ0v) is 8.87. The van der Waals surface area contributed by atoms with E-state index in [1.54, 1.807) is 6.07 Å². The van der Waals surface area contributed by atoms with Crippen molar-refractivity contribution in [1.29, 1.82) is 0 Å². The predicted octanol–water partition coefficient (Wildman–Crippen LogP) is 0.155. The quantitative estimate of drug-likeness (QED) is 0.736. The number of hydrogen-bond donors (Lipinski definition) is 1. The Morgan fingerprint density at radius 3 is 2.76 bits per heavy atom. The molecule has 1 atom stereocenters. The maximum Gasteiger partial charge on any atom is 0.308 e. The molecule has 1 aliphatic heterocycles. The van der Waals surface area contributed by atoms with Crippen LogP contribution >= 0.6 is 0 Å². The van der Waals surface area contributed by atoms with Crippen LogP contribution in [0.3, 0.4) is 0 Å². The first-order valence-electron chi connectivity index (χ1n) is 5.07. The monoisotopic (exact) mass is 234 g/mol. The average molecular weight is 234 g/mol. The van der Waals surface area contributed by atoms with Crippen LogP contribution in [0, 0.1) is 5.92 Å². The Kier molecular flexibility index (Phi) is 2.86. The van der Waals surface area contributed by atoms with Gasteiger partial charge in [0.05, 0.1) is 11.5 Å². The summed E-state index contributed by atoms with van der Waals surface area (Å²) in [5, 5.41) is 8.80. The number of carboxylic acids is 1. The third kappa shape index (κ3) is 2.15. The highest BCUT2D eigenvalue weighted by Crippen LogP contribution is 2.19. The molecule has 6 heteroatoms. The number of nitrogens with zero attached hydrogens (tertiary/aromatic N) is 2. The van der Waals surface area contributed by atoms with Gasteiger partial charge in [0, 0.05) is 25.4 Å². The van der Waals surface area contributed by atoms with Crippen molar-refractivity contribution in [1.82, 2.24) is 9.88 Å². The van der Waals surface area contributed by atoms with Gasteiger partial charge in [0.25, 0.3) is 5.91 Å². The molecule has 1 aliphatic rings. The molecule has 0 aromatic carbocycles. The van der Waals surface area contributed by atoms with Crippen molar-refractivity contribution < 1.29 is 19.5 Å². The third-order valence-electron chi connectivity index (χ3n) is 2.63. The topological polar surface area (TPSA) is 87.6 Å². The van der Waals surface area contributed by atoms with Gasteiger partial charge in [-0.25, -0.2) is 0 Å². The molecule has 2 rings (SSSR count). The summed E-state index contributed by atoms with van der Waals surface area (Å²) >= 11 is 0. The first kappa shape index (κ1) is 11.3. The molecule has 1 unspecified atom stereocenters. The largest absolute Gasteiger partial charge is 0.481 e. The van der Waals surface area contributed by atoms with Crippen molar-refractivity contribution in [2.45, 2.75) is 6.42 Å². The molecule has 1 N–H and O–H groups in total. The number of imide groups is 1. The Hall–Kier alpha value is -2.24. The SMILES string of the molecule is O=C(O)C1CC(=O)N(C(=O)c2cccnc2)C1. The number of likely N-dealkylation sites (tertiary alicyclic amines) is 1. The number of amides is 2. The summed E-state index contributed by atoms with van der Waals surface area (Å²) < 4.78 is 0. The number of rotatable bonds is 2. The Labute approximate surface area is 96.9 Å². The minimum absolute atomic E-state index is 0.0676. The minimum Gasteiger partial charge on any atom is -0.481 e. The summed E-state index contributed by atoms with van der Waals surface area (Å²) in [6, 6.07) is 3.12. The Morgan fingerprint density at radius 2 is 2.24 bits per heavy atom. The Morgan fingerprint density at radius 1 is 1.47 bits per heavy atom. The van der Waals surface area contributed by atoms with Crippen molar-refractivity contribution in [3.63, 3.8) is 0 Å². The molecule has 0 saturated carbocycles. The number of aromatic nitrogens is 1.